The molecule has 2 heterocycles. The van der Waals surface area contributed by atoms with E-state index in [2.05, 4.69) is 5.10 Å². The number of fused-ring (bicyclic) bond motifs is 1. The van der Waals surface area contributed by atoms with Crippen molar-refractivity contribution in [3.8, 4) is 17.0 Å². The fraction of sp³-hybridized carbons (Fsp3) is 0.250. The number of hydrogen-bond acceptors (Lipinski definition) is 3. The molecule has 4 nitrogen and oxygen atoms in total. The number of halogens is 1. The van der Waals surface area contributed by atoms with Crippen LogP contribution in [0.4, 0.5) is 0 Å². The van der Waals surface area contributed by atoms with E-state index in [0.717, 1.165) is 22.7 Å². The van der Waals surface area contributed by atoms with E-state index in [1.54, 1.807) is 11.6 Å². The van der Waals surface area contributed by atoms with Crippen LogP contribution >= 0.6 is 11.6 Å². The number of para-hydroxylation sites is 1. The minimum atomic E-state index is 0.563. The lowest BCUT2D eigenvalue weighted by Gasteiger charge is -2.09. The van der Waals surface area contributed by atoms with E-state index in [0.29, 0.717) is 11.1 Å². The highest BCUT2D eigenvalue weighted by molar-refractivity contribution is 6.30. The molecule has 1 aliphatic carbocycles. The molecule has 1 aliphatic rings. The predicted octanol–water partition coefficient (Wildman–Crippen LogP) is 3.94. The Bertz CT molecular complexity index is 824. The summed E-state index contributed by atoms with van der Waals surface area (Å²) in [7, 11) is 1.66. The molecule has 5 heteroatoms. The number of methoxy groups -OCH3 is 1. The highest BCUT2D eigenvalue weighted by Gasteiger charge is 2.28. The Hall–Kier alpha value is -2.07. The van der Waals surface area contributed by atoms with Crippen molar-refractivity contribution in [1.29, 1.82) is 0 Å². The van der Waals surface area contributed by atoms with E-state index >= 15 is 0 Å². The van der Waals surface area contributed by atoms with E-state index in [9.17, 15) is 0 Å². The molecule has 0 radical (unpaired) electrons. The van der Waals surface area contributed by atoms with Crippen LogP contribution in [0.25, 0.3) is 16.9 Å². The third-order valence-corrected chi connectivity index (χ3v) is 4.12. The molecular weight excluding hydrogens is 286 g/mol. The summed E-state index contributed by atoms with van der Waals surface area (Å²) in [6, 6.07) is 9.65. The van der Waals surface area contributed by atoms with Crippen LogP contribution in [0.5, 0.6) is 5.75 Å². The van der Waals surface area contributed by atoms with Crippen LogP contribution in [0.15, 0.2) is 36.5 Å². The minimum Gasteiger partial charge on any atom is -0.496 e. The third kappa shape index (κ3) is 2.07. The predicted molar refractivity (Wildman–Crippen MR) is 82.0 cm³/mol. The summed E-state index contributed by atoms with van der Waals surface area (Å²) < 4.78 is 7.12. The maximum Gasteiger partial charge on any atom is 0.160 e. The number of benzene rings is 1. The van der Waals surface area contributed by atoms with Gasteiger partial charge in [-0.15, -0.1) is 0 Å². The Balaban J connectivity index is 1.94. The molecule has 0 unspecified atom stereocenters. The topological polar surface area (TPSA) is 39.4 Å². The van der Waals surface area contributed by atoms with Crippen molar-refractivity contribution in [1.82, 2.24) is 14.6 Å². The van der Waals surface area contributed by atoms with Crippen LogP contribution in [0, 0.1) is 0 Å². The Kier molecular flexibility index (Phi) is 2.86. The molecule has 0 amide bonds. The number of hydrogen-bond donors (Lipinski definition) is 0. The Labute approximate surface area is 127 Å². The van der Waals surface area contributed by atoms with Gasteiger partial charge in [0.1, 0.15) is 10.9 Å². The fourth-order valence-electron chi connectivity index (χ4n) is 2.62. The van der Waals surface area contributed by atoms with Gasteiger partial charge in [-0.25, -0.2) is 9.50 Å². The van der Waals surface area contributed by atoms with Crippen molar-refractivity contribution in [3.63, 3.8) is 0 Å². The van der Waals surface area contributed by atoms with E-state index in [4.69, 9.17) is 21.3 Å². The zero-order valence-electron chi connectivity index (χ0n) is 11.6. The highest BCUT2D eigenvalue weighted by atomic mass is 35.5. The van der Waals surface area contributed by atoms with E-state index in [1.807, 2.05) is 36.5 Å². The number of rotatable bonds is 3. The van der Waals surface area contributed by atoms with Crippen LogP contribution in [-0.2, 0) is 0 Å². The lowest BCUT2D eigenvalue weighted by molar-refractivity contribution is 0.416. The van der Waals surface area contributed by atoms with Gasteiger partial charge in [0.15, 0.2) is 5.65 Å². The molecule has 0 N–H and O–H groups in total. The first-order valence-corrected chi connectivity index (χ1v) is 7.33. The average Bonchev–Trinajstić information content (AvgIpc) is 3.26. The van der Waals surface area contributed by atoms with Crippen molar-refractivity contribution in [2.75, 3.05) is 7.11 Å². The lowest BCUT2D eigenvalue weighted by Crippen LogP contribution is -1.97. The fourth-order valence-corrected chi connectivity index (χ4v) is 2.85. The molecule has 1 aromatic carbocycles. The van der Waals surface area contributed by atoms with Gasteiger partial charge in [-0.1, -0.05) is 23.7 Å². The summed E-state index contributed by atoms with van der Waals surface area (Å²) in [5.41, 5.74) is 3.79. The Morgan fingerprint density at radius 3 is 2.86 bits per heavy atom. The van der Waals surface area contributed by atoms with Crippen LogP contribution in [0.3, 0.4) is 0 Å². The summed E-state index contributed by atoms with van der Waals surface area (Å²) in [5, 5.41) is 4.91. The molecule has 0 atom stereocenters. The molecule has 0 bridgehead atoms. The summed E-state index contributed by atoms with van der Waals surface area (Å²) >= 11 is 6.37. The van der Waals surface area contributed by atoms with Crippen LogP contribution < -0.4 is 4.74 Å². The van der Waals surface area contributed by atoms with Crippen molar-refractivity contribution in [2.45, 2.75) is 18.8 Å². The number of nitrogens with zero attached hydrogens (tertiary/aromatic N) is 3. The molecule has 0 aliphatic heterocycles. The Morgan fingerprint density at radius 2 is 2.10 bits per heavy atom. The summed E-state index contributed by atoms with van der Waals surface area (Å²) in [6.45, 7) is 0. The van der Waals surface area contributed by atoms with Gasteiger partial charge in [0.25, 0.3) is 0 Å². The molecular formula is C16H14ClN3O. The van der Waals surface area contributed by atoms with Gasteiger partial charge in [0, 0.05) is 17.2 Å². The summed E-state index contributed by atoms with van der Waals surface area (Å²) in [6.07, 6.45) is 4.30. The first kappa shape index (κ1) is 12.7. The van der Waals surface area contributed by atoms with Gasteiger partial charge in [-0.05, 0) is 30.9 Å². The molecule has 1 saturated carbocycles. The van der Waals surface area contributed by atoms with Crippen molar-refractivity contribution < 1.29 is 4.74 Å². The lowest BCUT2D eigenvalue weighted by atomic mass is 10.1. The van der Waals surface area contributed by atoms with Crippen molar-refractivity contribution in [3.05, 3.63) is 47.2 Å². The normalized spacial score (nSPS) is 14.6. The largest absolute Gasteiger partial charge is 0.496 e. The van der Waals surface area contributed by atoms with Gasteiger partial charge in [0.2, 0.25) is 0 Å². The molecule has 21 heavy (non-hydrogen) atoms. The summed E-state index contributed by atoms with van der Waals surface area (Å²) in [4.78, 5) is 4.77. The minimum absolute atomic E-state index is 0.563. The van der Waals surface area contributed by atoms with Gasteiger partial charge >= 0.3 is 0 Å². The number of ether oxygens (including phenoxy) is 1. The number of aromatic nitrogens is 3. The second kappa shape index (κ2) is 4.74. The molecule has 4 rings (SSSR count). The summed E-state index contributed by atoms with van der Waals surface area (Å²) in [5.74, 6) is 1.37. The molecule has 0 spiro atoms. The van der Waals surface area contributed by atoms with E-state index in [1.165, 1.54) is 18.4 Å². The third-order valence-electron chi connectivity index (χ3n) is 3.86. The van der Waals surface area contributed by atoms with E-state index < -0.39 is 0 Å². The average molecular weight is 300 g/mol. The zero-order valence-corrected chi connectivity index (χ0v) is 12.3. The SMILES string of the molecule is COc1ccccc1-c1cc(Cl)n2ncc(C3CC3)c2n1. The maximum absolute atomic E-state index is 6.37. The highest BCUT2D eigenvalue weighted by Crippen LogP contribution is 2.42. The standard InChI is InChI=1S/C16H14ClN3O/c1-21-14-5-3-2-4-11(14)13-8-15(17)20-16(19-13)12(9-18-20)10-6-7-10/h2-5,8-10H,6-7H2,1H3. The molecule has 2 aromatic heterocycles. The van der Waals surface area contributed by atoms with Gasteiger partial charge < -0.3 is 4.74 Å². The van der Waals surface area contributed by atoms with Gasteiger partial charge in [-0.3, -0.25) is 0 Å². The molecule has 3 aromatic rings. The molecule has 0 saturated heterocycles. The Morgan fingerprint density at radius 1 is 1.29 bits per heavy atom. The second-order valence-electron chi connectivity index (χ2n) is 5.27. The molecule has 1 fully saturated rings. The smallest absolute Gasteiger partial charge is 0.160 e. The van der Waals surface area contributed by atoms with Gasteiger partial charge in [-0.2, -0.15) is 5.10 Å². The van der Waals surface area contributed by atoms with Crippen LogP contribution in [0.1, 0.15) is 24.3 Å². The van der Waals surface area contributed by atoms with Crippen LogP contribution in [0.2, 0.25) is 5.15 Å². The first-order valence-electron chi connectivity index (χ1n) is 6.95. The van der Waals surface area contributed by atoms with Gasteiger partial charge in [0.05, 0.1) is 19.0 Å². The van der Waals surface area contributed by atoms with Crippen molar-refractivity contribution >= 4 is 17.2 Å². The van der Waals surface area contributed by atoms with E-state index in [-0.39, 0.29) is 0 Å². The maximum atomic E-state index is 6.37. The quantitative estimate of drug-likeness (QED) is 0.688. The van der Waals surface area contributed by atoms with Crippen molar-refractivity contribution in [2.24, 2.45) is 0 Å². The monoisotopic (exact) mass is 299 g/mol. The second-order valence-corrected chi connectivity index (χ2v) is 5.66. The zero-order chi connectivity index (χ0) is 14.4. The van der Waals surface area contributed by atoms with Crippen LogP contribution in [-0.4, -0.2) is 21.7 Å². The first-order chi connectivity index (χ1) is 10.3. The molecule has 106 valence electrons.